The summed E-state index contributed by atoms with van der Waals surface area (Å²) in [6.07, 6.45) is 6.13. The number of thiophene rings is 1. The number of likely N-dealkylation sites (N-methyl/N-ethyl adjacent to an activating group) is 1. The minimum Gasteiger partial charge on any atom is -0.462 e. The summed E-state index contributed by atoms with van der Waals surface area (Å²) in [5.74, 6) is -0.252. The maximum Gasteiger partial charge on any atom is 0.341 e. The number of rotatable bonds is 7. The molecule has 0 spiro atoms. The van der Waals surface area contributed by atoms with E-state index < -0.39 is 5.97 Å². The van der Waals surface area contributed by atoms with Crippen LogP contribution in [0.3, 0.4) is 0 Å². The Morgan fingerprint density at radius 3 is 2.81 bits per heavy atom. The first-order valence-corrected chi connectivity index (χ1v) is 13.9. The second-order valence-electron chi connectivity index (χ2n) is 8.90. The maximum absolute atomic E-state index is 12.9. The first-order valence-electron chi connectivity index (χ1n) is 12.1. The lowest BCUT2D eigenvalue weighted by Gasteiger charge is -2.18. The smallest absolute Gasteiger partial charge is 0.341 e. The van der Waals surface area contributed by atoms with Crippen molar-refractivity contribution in [3.8, 4) is 0 Å². The van der Waals surface area contributed by atoms with Gasteiger partial charge in [0, 0.05) is 29.7 Å². The van der Waals surface area contributed by atoms with Crippen LogP contribution in [0.1, 0.15) is 59.2 Å². The van der Waals surface area contributed by atoms with E-state index in [2.05, 4.69) is 22.3 Å². The highest BCUT2D eigenvalue weighted by Crippen LogP contribution is 2.40. The van der Waals surface area contributed by atoms with Gasteiger partial charge in [-0.25, -0.2) is 9.79 Å². The SMILES string of the molecule is CCOC(=O)c1c(NC(=O)CSC2=NC(=Cc3cnn(C)c3C)C(=O)N2CC)sc2c1CCC(C)C2. The third-order valence-electron chi connectivity index (χ3n) is 6.37. The van der Waals surface area contributed by atoms with Crippen molar-refractivity contribution in [1.29, 1.82) is 0 Å². The normalized spacial score (nSPS) is 18.4. The third kappa shape index (κ3) is 5.27. The number of anilines is 1. The van der Waals surface area contributed by atoms with Crippen molar-refractivity contribution in [3.63, 3.8) is 0 Å². The van der Waals surface area contributed by atoms with Gasteiger partial charge in [-0.2, -0.15) is 5.10 Å². The molecule has 2 aromatic rings. The number of nitrogens with zero attached hydrogens (tertiary/aromatic N) is 4. The van der Waals surface area contributed by atoms with Crippen molar-refractivity contribution in [2.75, 3.05) is 24.2 Å². The Bertz CT molecular complexity index is 1260. The molecule has 0 bridgehead atoms. The van der Waals surface area contributed by atoms with Gasteiger partial charge in [0.05, 0.1) is 24.1 Å². The first-order chi connectivity index (χ1) is 17.2. The van der Waals surface area contributed by atoms with Crippen LogP contribution in [0.5, 0.6) is 0 Å². The van der Waals surface area contributed by atoms with Gasteiger partial charge in [-0.05, 0) is 57.6 Å². The molecule has 36 heavy (non-hydrogen) atoms. The molecule has 4 rings (SSSR count). The monoisotopic (exact) mass is 529 g/mol. The Labute approximate surface area is 219 Å². The van der Waals surface area contributed by atoms with Gasteiger partial charge in [0.2, 0.25) is 5.91 Å². The van der Waals surface area contributed by atoms with E-state index in [0.29, 0.717) is 33.9 Å². The van der Waals surface area contributed by atoms with E-state index in [1.807, 2.05) is 20.9 Å². The zero-order valence-electron chi connectivity index (χ0n) is 21.2. The number of amides is 2. The van der Waals surface area contributed by atoms with Crippen LogP contribution in [0.2, 0.25) is 0 Å². The molecule has 1 unspecified atom stereocenters. The maximum atomic E-state index is 12.9. The van der Waals surface area contributed by atoms with E-state index in [0.717, 1.165) is 41.0 Å². The lowest BCUT2D eigenvalue weighted by molar-refractivity contribution is -0.122. The fourth-order valence-electron chi connectivity index (χ4n) is 4.27. The number of carbonyl (C=O) groups is 3. The van der Waals surface area contributed by atoms with E-state index in [1.165, 1.54) is 23.1 Å². The van der Waals surface area contributed by atoms with Gasteiger partial charge >= 0.3 is 5.97 Å². The number of hydrogen-bond acceptors (Lipinski definition) is 8. The molecule has 9 nitrogen and oxygen atoms in total. The molecular formula is C25H31N5O4S2. The highest BCUT2D eigenvalue weighted by atomic mass is 32.2. The Morgan fingerprint density at radius 2 is 2.14 bits per heavy atom. The molecule has 3 heterocycles. The van der Waals surface area contributed by atoms with E-state index in [-0.39, 0.29) is 24.2 Å². The Balaban J connectivity index is 1.49. The quantitative estimate of drug-likeness (QED) is 0.429. The number of hydrogen-bond donors (Lipinski definition) is 1. The van der Waals surface area contributed by atoms with Crippen molar-refractivity contribution in [2.45, 2.75) is 47.0 Å². The van der Waals surface area contributed by atoms with Crippen LogP contribution < -0.4 is 5.32 Å². The number of carbonyl (C=O) groups excluding carboxylic acids is 3. The van der Waals surface area contributed by atoms with Crippen molar-refractivity contribution < 1.29 is 19.1 Å². The lowest BCUT2D eigenvalue weighted by Crippen LogP contribution is -2.31. The van der Waals surface area contributed by atoms with Crippen molar-refractivity contribution in [1.82, 2.24) is 14.7 Å². The Hall–Kier alpha value is -2.92. The number of aryl methyl sites for hydroxylation is 1. The Kier molecular flexibility index (Phi) is 7.99. The summed E-state index contributed by atoms with van der Waals surface area (Å²) < 4.78 is 7.03. The molecule has 2 amide bonds. The van der Waals surface area contributed by atoms with Crippen molar-refractivity contribution >= 4 is 57.1 Å². The predicted molar refractivity (Wildman–Crippen MR) is 143 cm³/mol. The zero-order chi connectivity index (χ0) is 26.0. The molecule has 0 aromatic carbocycles. The number of amidine groups is 1. The second-order valence-corrected chi connectivity index (χ2v) is 10.9. The zero-order valence-corrected chi connectivity index (χ0v) is 22.8. The van der Waals surface area contributed by atoms with Crippen LogP contribution in [0.25, 0.3) is 6.08 Å². The minimum absolute atomic E-state index is 0.0586. The van der Waals surface area contributed by atoms with Gasteiger partial charge in [-0.15, -0.1) is 11.3 Å². The summed E-state index contributed by atoms with van der Waals surface area (Å²) in [6.45, 7) is 8.48. The van der Waals surface area contributed by atoms with Gasteiger partial charge in [0.15, 0.2) is 5.17 Å². The number of nitrogens with one attached hydrogen (secondary N) is 1. The van der Waals surface area contributed by atoms with Crippen LogP contribution in [-0.2, 0) is 34.2 Å². The fraction of sp³-hybridized carbons (Fsp3) is 0.480. The molecule has 0 saturated carbocycles. The van der Waals surface area contributed by atoms with Crippen LogP contribution >= 0.6 is 23.1 Å². The number of aliphatic imine (C=N–C) groups is 1. The topological polar surface area (TPSA) is 106 Å². The summed E-state index contributed by atoms with van der Waals surface area (Å²) >= 11 is 2.66. The molecular weight excluding hydrogens is 498 g/mol. The van der Waals surface area contributed by atoms with E-state index in [4.69, 9.17) is 4.74 Å². The van der Waals surface area contributed by atoms with Crippen LogP contribution in [0, 0.1) is 12.8 Å². The highest BCUT2D eigenvalue weighted by molar-refractivity contribution is 8.14. The molecule has 1 atom stereocenters. The number of fused-ring (bicyclic) bond motifs is 1. The number of thioether (sulfide) groups is 1. The van der Waals surface area contributed by atoms with E-state index in [1.54, 1.807) is 28.8 Å². The lowest BCUT2D eigenvalue weighted by atomic mass is 9.88. The summed E-state index contributed by atoms with van der Waals surface area (Å²) in [5, 5.41) is 8.16. The van der Waals surface area contributed by atoms with Crippen LogP contribution in [-0.4, -0.2) is 56.5 Å². The summed E-state index contributed by atoms with van der Waals surface area (Å²) in [4.78, 5) is 45.7. The summed E-state index contributed by atoms with van der Waals surface area (Å²) in [5.41, 5.74) is 3.57. The van der Waals surface area contributed by atoms with Gasteiger partial charge in [-0.1, -0.05) is 18.7 Å². The molecule has 0 fully saturated rings. The van der Waals surface area contributed by atoms with Gasteiger partial charge < -0.3 is 10.1 Å². The van der Waals surface area contributed by atoms with Gasteiger partial charge in [-0.3, -0.25) is 19.2 Å². The molecule has 1 aliphatic carbocycles. The van der Waals surface area contributed by atoms with Gasteiger partial charge in [0.1, 0.15) is 10.7 Å². The second kappa shape index (κ2) is 11.0. The van der Waals surface area contributed by atoms with E-state index >= 15 is 0 Å². The van der Waals surface area contributed by atoms with Crippen LogP contribution in [0.4, 0.5) is 5.00 Å². The standard InChI is InChI=1S/C25H31N5O4S2/c1-6-30-23(32)18(11-16-12-26-29(5)15(16)4)27-25(30)35-13-20(31)28-22-21(24(33)34-7-2)17-9-8-14(3)10-19(17)36-22/h11-12,14H,6-10,13H2,1-5H3,(H,28,31). The average Bonchev–Trinajstić information content (AvgIpc) is 3.46. The minimum atomic E-state index is -0.393. The van der Waals surface area contributed by atoms with E-state index in [9.17, 15) is 14.4 Å². The number of esters is 1. The number of ether oxygens (including phenoxy) is 1. The average molecular weight is 530 g/mol. The molecule has 2 aliphatic rings. The molecule has 0 radical (unpaired) electrons. The Morgan fingerprint density at radius 1 is 1.36 bits per heavy atom. The molecule has 2 aromatic heterocycles. The highest BCUT2D eigenvalue weighted by Gasteiger charge is 2.31. The van der Waals surface area contributed by atoms with Crippen LogP contribution in [0.15, 0.2) is 16.9 Å². The van der Waals surface area contributed by atoms with Crippen molar-refractivity contribution in [2.24, 2.45) is 18.0 Å². The molecule has 1 aliphatic heterocycles. The molecule has 192 valence electrons. The predicted octanol–water partition coefficient (Wildman–Crippen LogP) is 4.02. The summed E-state index contributed by atoms with van der Waals surface area (Å²) in [7, 11) is 1.84. The number of aromatic nitrogens is 2. The van der Waals surface area contributed by atoms with Crippen molar-refractivity contribution in [3.05, 3.63) is 39.2 Å². The third-order valence-corrected chi connectivity index (χ3v) is 8.52. The fourth-order valence-corrected chi connectivity index (χ4v) is 6.55. The largest absolute Gasteiger partial charge is 0.462 e. The first kappa shape index (κ1) is 26.2. The van der Waals surface area contributed by atoms with Gasteiger partial charge in [0.25, 0.3) is 5.91 Å². The molecule has 1 N–H and O–H groups in total. The summed E-state index contributed by atoms with van der Waals surface area (Å²) in [6, 6.07) is 0. The molecule has 11 heteroatoms. The molecule has 0 saturated heterocycles.